The predicted octanol–water partition coefficient (Wildman–Crippen LogP) is 0.685. The fraction of sp³-hybridized carbons (Fsp3) is 0.846. The summed E-state index contributed by atoms with van der Waals surface area (Å²) in [6.07, 6.45) is 1.79. The maximum atomic E-state index is 11.9. The van der Waals surface area contributed by atoms with Crippen molar-refractivity contribution in [3.63, 3.8) is 0 Å². The van der Waals surface area contributed by atoms with Crippen LogP contribution in [0.4, 0.5) is 0 Å². The minimum absolute atomic E-state index is 0. The molecule has 2 amide bonds. The summed E-state index contributed by atoms with van der Waals surface area (Å²) in [4.78, 5) is 23.2. The highest BCUT2D eigenvalue weighted by Crippen LogP contribution is 2.15. The van der Waals surface area contributed by atoms with Gasteiger partial charge in [-0.25, -0.2) is 0 Å². The van der Waals surface area contributed by atoms with E-state index in [4.69, 9.17) is 0 Å². The number of amides is 2. The summed E-state index contributed by atoms with van der Waals surface area (Å²) in [5, 5.41) is 8.99. The highest BCUT2D eigenvalue weighted by molar-refractivity contribution is 5.85. The van der Waals surface area contributed by atoms with Crippen molar-refractivity contribution < 1.29 is 9.59 Å². The van der Waals surface area contributed by atoms with E-state index in [1.807, 2.05) is 13.8 Å². The monoisotopic (exact) mass is 291 g/mol. The van der Waals surface area contributed by atoms with E-state index in [-0.39, 0.29) is 36.1 Å². The van der Waals surface area contributed by atoms with Crippen LogP contribution in [0.15, 0.2) is 0 Å². The lowest BCUT2D eigenvalue weighted by atomic mass is 9.92. The Balaban J connectivity index is 0.00000324. The molecule has 1 rings (SSSR count). The van der Waals surface area contributed by atoms with Gasteiger partial charge >= 0.3 is 0 Å². The van der Waals surface area contributed by atoms with Crippen LogP contribution in [0.1, 0.15) is 33.6 Å². The number of nitrogens with one attached hydrogen (secondary N) is 3. The molecule has 3 N–H and O–H groups in total. The van der Waals surface area contributed by atoms with Gasteiger partial charge in [0.25, 0.3) is 0 Å². The van der Waals surface area contributed by atoms with Crippen LogP contribution in [0.3, 0.4) is 0 Å². The lowest BCUT2D eigenvalue weighted by Crippen LogP contribution is -2.44. The molecular formula is C13H26ClN3O2. The molecule has 0 aliphatic carbocycles. The number of piperidine rings is 1. The van der Waals surface area contributed by atoms with E-state index < -0.39 is 0 Å². The van der Waals surface area contributed by atoms with Crippen molar-refractivity contribution in [2.45, 2.75) is 39.7 Å². The van der Waals surface area contributed by atoms with Crippen LogP contribution in [0.25, 0.3) is 0 Å². The fourth-order valence-corrected chi connectivity index (χ4v) is 2.09. The maximum absolute atomic E-state index is 11.9. The van der Waals surface area contributed by atoms with Gasteiger partial charge in [0.2, 0.25) is 11.8 Å². The van der Waals surface area contributed by atoms with Gasteiger partial charge in [-0.2, -0.15) is 0 Å². The lowest BCUT2D eigenvalue weighted by molar-refractivity contribution is -0.127. The van der Waals surface area contributed by atoms with Crippen LogP contribution in [0, 0.1) is 11.8 Å². The van der Waals surface area contributed by atoms with Gasteiger partial charge in [0, 0.05) is 31.0 Å². The molecule has 2 atom stereocenters. The van der Waals surface area contributed by atoms with Gasteiger partial charge in [-0.05, 0) is 26.3 Å². The van der Waals surface area contributed by atoms with Gasteiger partial charge in [0.05, 0.1) is 0 Å². The molecule has 6 heteroatoms. The van der Waals surface area contributed by atoms with E-state index in [0.29, 0.717) is 19.1 Å². The van der Waals surface area contributed by atoms with Crippen molar-refractivity contribution in [1.82, 2.24) is 16.0 Å². The quantitative estimate of drug-likeness (QED) is 0.653. The first-order chi connectivity index (χ1) is 8.50. The first kappa shape index (κ1) is 18.2. The highest BCUT2D eigenvalue weighted by atomic mass is 35.5. The van der Waals surface area contributed by atoms with E-state index in [9.17, 15) is 9.59 Å². The fourth-order valence-electron chi connectivity index (χ4n) is 2.09. The van der Waals surface area contributed by atoms with Crippen LogP contribution < -0.4 is 16.0 Å². The average Bonchev–Trinajstić information content (AvgIpc) is 2.33. The Bertz CT molecular complexity index is 298. The molecule has 1 saturated heterocycles. The Morgan fingerprint density at radius 3 is 2.47 bits per heavy atom. The second kappa shape index (κ2) is 9.15. The predicted molar refractivity (Wildman–Crippen MR) is 78.3 cm³/mol. The minimum atomic E-state index is -0.00836. The number of hydrogen-bond acceptors (Lipinski definition) is 3. The zero-order valence-corrected chi connectivity index (χ0v) is 12.8. The van der Waals surface area contributed by atoms with Crippen molar-refractivity contribution in [2.75, 3.05) is 19.6 Å². The van der Waals surface area contributed by atoms with Crippen LogP contribution in [0.2, 0.25) is 0 Å². The van der Waals surface area contributed by atoms with E-state index in [1.54, 1.807) is 0 Å². The van der Waals surface area contributed by atoms with Crippen molar-refractivity contribution in [3.05, 3.63) is 0 Å². The molecule has 1 aliphatic heterocycles. The second-order valence-corrected chi connectivity index (χ2v) is 5.31. The lowest BCUT2D eigenvalue weighted by Gasteiger charge is -2.27. The van der Waals surface area contributed by atoms with Crippen LogP contribution in [-0.4, -0.2) is 37.5 Å². The van der Waals surface area contributed by atoms with E-state index >= 15 is 0 Å². The zero-order valence-electron chi connectivity index (χ0n) is 12.0. The van der Waals surface area contributed by atoms with Gasteiger partial charge in [-0.3, -0.25) is 9.59 Å². The average molecular weight is 292 g/mol. The molecule has 0 spiro atoms. The molecular weight excluding hydrogens is 266 g/mol. The molecule has 0 saturated carbocycles. The summed E-state index contributed by atoms with van der Waals surface area (Å²) < 4.78 is 0. The zero-order chi connectivity index (χ0) is 13.5. The van der Waals surface area contributed by atoms with Crippen LogP contribution in [0.5, 0.6) is 0 Å². The van der Waals surface area contributed by atoms with Gasteiger partial charge < -0.3 is 16.0 Å². The summed E-state index contributed by atoms with van der Waals surface area (Å²) in [5.74, 6) is 0.245. The van der Waals surface area contributed by atoms with Crippen LogP contribution in [-0.2, 0) is 9.59 Å². The topological polar surface area (TPSA) is 70.2 Å². The molecule has 0 aromatic heterocycles. The molecule has 0 unspecified atom stereocenters. The molecule has 0 aromatic carbocycles. The standard InChI is InChI=1S/C13H25N3O2.ClH/c1-9(2)12(17)15-6-7-16-13(18)11-4-5-14-10(3)8-11;/h9-11,14H,4-8H2,1-3H3,(H,15,17)(H,16,18);1H/t10-,11-;/m0./s1. The summed E-state index contributed by atoms with van der Waals surface area (Å²) in [7, 11) is 0. The number of rotatable bonds is 5. The molecule has 1 heterocycles. The molecule has 1 aliphatic rings. The third-order valence-corrected chi connectivity index (χ3v) is 3.24. The third-order valence-electron chi connectivity index (χ3n) is 3.24. The molecule has 0 bridgehead atoms. The largest absolute Gasteiger partial charge is 0.354 e. The Hall–Kier alpha value is -0.810. The number of carbonyl (C=O) groups is 2. The maximum Gasteiger partial charge on any atom is 0.223 e. The Kier molecular flexibility index (Phi) is 8.76. The normalized spacial score (nSPS) is 22.5. The Morgan fingerprint density at radius 2 is 1.89 bits per heavy atom. The van der Waals surface area contributed by atoms with Gasteiger partial charge in [-0.15, -0.1) is 12.4 Å². The van der Waals surface area contributed by atoms with Crippen molar-refractivity contribution in [2.24, 2.45) is 11.8 Å². The summed E-state index contributed by atoms with van der Waals surface area (Å²) in [6.45, 7) is 7.72. The summed E-state index contributed by atoms with van der Waals surface area (Å²) >= 11 is 0. The SMILES string of the molecule is CC(C)C(=O)NCCNC(=O)[C@H]1CCN[C@@H](C)C1.Cl. The highest BCUT2D eigenvalue weighted by Gasteiger charge is 2.24. The van der Waals surface area contributed by atoms with E-state index in [0.717, 1.165) is 19.4 Å². The van der Waals surface area contributed by atoms with Crippen LogP contribution >= 0.6 is 12.4 Å². The molecule has 112 valence electrons. The smallest absolute Gasteiger partial charge is 0.223 e. The van der Waals surface area contributed by atoms with Crippen molar-refractivity contribution in [1.29, 1.82) is 0 Å². The number of hydrogen-bond donors (Lipinski definition) is 3. The third kappa shape index (κ3) is 6.78. The van der Waals surface area contributed by atoms with E-state index in [2.05, 4.69) is 22.9 Å². The van der Waals surface area contributed by atoms with Gasteiger partial charge in [-0.1, -0.05) is 13.8 Å². The first-order valence-electron chi connectivity index (χ1n) is 6.79. The Labute approximate surface area is 121 Å². The van der Waals surface area contributed by atoms with E-state index in [1.165, 1.54) is 0 Å². The van der Waals surface area contributed by atoms with Crippen molar-refractivity contribution >= 4 is 24.2 Å². The molecule has 5 nitrogen and oxygen atoms in total. The summed E-state index contributed by atoms with van der Waals surface area (Å²) in [6, 6.07) is 0.412. The van der Waals surface area contributed by atoms with Gasteiger partial charge in [0.1, 0.15) is 0 Å². The number of carbonyl (C=O) groups excluding carboxylic acids is 2. The molecule has 0 aromatic rings. The number of halogens is 1. The Morgan fingerprint density at radius 1 is 1.26 bits per heavy atom. The first-order valence-corrected chi connectivity index (χ1v) is 6.79. The molecule has 1 fully saturated rings. The summed E-state index contributed by atoms with van der Waals surface area (Å²) in [5.41, 5.74) is 0. The molecule has 19 heavy (non-hydrogen) atoms. The van der Waals surface area contributed by atoms with Crippen molar-refractivity contribution in [3.8, 4) is 0 Å². The minimum Gasteiger partial charge on any atom is -0.354 e. The second-order valence-electron chi connectivity index (χ2n) is 5.31. The molecule has 0 radical (unpaired) electrons. The van der Waals surface area contributed by atoms with Gasteiger partial charge in [0.15, 0.2) is 0 Å².